The Morgan fingerprint density at radius 2 is 1.34 bits per heavy atom. The van der Waals surface area contributed by atoms with Crippen LogP contribution in [0.5, 0.6) is 11.5 Å². The maximum Gasteiger partial charge on any atom is 0.336 e. The number of fused-ring (bicyclic) bond motifs is 4. The number of para-hydroxylation sites is 1. The first-order valence-corrected chi connectivity index (χ1v) is 16.7. The number of hydrogen-bond acceptors (Lipinski definition) is 7. The molecule has 0 aliphatic carbocycles. The first kappa shape index (κ1) is 33.1. The van der Waals surface area contributed by atoms with Gasteiger partial charge in [0.2, 0.25) is 0 Å². The van der Waals surface area contributed by atoms with E-state index in [4.69, 9.17) is 18.6 Å². The summed E-state index contributed by atoms with van der Waals surface area (Å²) in [7, 11) is 3.27. The van der Waals surface area contributed by atoms with Gasteiger partial charge in [-0.05, 0) is 65.6 Å². The van der Waals surface area contributed by atoms with Gasteiger partial charge in [0.25, 0.3) is 0 Å². The van der Waals surface area contributed by atoms with Crippen LogP contribution in [0.25, 0.3) is 32.8 Å². The van der Waals surface area contributed by atoms with E-state index in [2.05, 4.69) is 10.6 Å². The predicted octanol–water partition coefficient (Wildman–Crippen LogP) is 7.29. The molecule has 0 radical (unpaired) electrons. The summed E-state index contributed by atoms with van der Waals surface area (Å²) in [4.78, 5) is 12.0. The van der Waals surface area contributed by atoms with Crippen molar-refractivity contribution >= 4 is 32.8 Å². The zero-order valence-corrected chi connectivity index (χ0v) is 28.0. The highest BCUT2D eigenvalue weighted by Gasteiger charge is 2.38. The molecular weight excluding hydrogens is 630 g/mol. The van der Waals surface area contributed by atoms with Gasteiger partial charge in [0, 0.05) is 52.9 Å². The van der Waals surface area contributed by atoms with Gasteiger partial charge in [-0.15, -0.1) is 0 Å². The van der Waals surface area contributed by atoms with Crippen LogP contribution in [0.3, 0.4) is 0 Å². The van der Waals surface area contributed by atoms with E-state index in [1.165, 1.54) is 6.07 Å². The largest absolute Gasteiger partial charge is 0.497 e. The highest BCUT2D eigenvalue weighted by Crippen LogP contribution is 2.42. The molecule has 0 saturated heterocycles. The van der Waals surface area contributed by atoms with Gasteiger partial charge in [-0.25, -0.2) is 4.79 Å². The fourth-order valence-corrected chi connectivity index (χ4v) is 6.99. The van der Waals surface area contributed by atoms with Gasteiger partial charge in [0.1, 0.15) is 22.7 Å². The molecule has 0 aliphatic heterocycles. The lowest BCUT2D eigenvalue weighted by Gasteiger charge is -2.37. The van der Waals surface area contributed by atoms with Crippen molar-refractivity contribution in [1.29, 1.82) is 0 Å². The van der Waals surface area contributed by atoms with Crippen molar-refractivity contribution in [2.45, 2.75) is 24.7 Å². The number of nitrogens with zero attached hydrogens (tertiary/aromatic N) is 1. The lowest BCUT2D eigenvalue weighted by Crippen LogP contribution is -2.36. The molecule has 0 spiro atoms. The minimum atomic E-state index is -1.05. The first-order chi connectivity index (χ1) is 24.4. The number of hydrogen-bond donors (Lipinski definition) is 2. The van der Waals surface area contributed by atoms with Gasteiger partial charge in [0.15, 0.2) is 0 Å². The van der Waals surface area contributed by atoms with E-state index in [1.807, 2.05) is 109 Å². The van der Waals surface area contributed by atoms with E-state index in [9.17, 15) is 15.0 Å². The highest BCUT2D eigenvalue weighted by atomic mass is 16.5. The normalized spacial score (nSPS) is 13.1. The van der Waals surface area contributed by atoms with E-state index in [1.54, 1.807) is 20.3 Å². The van der Waals surface area contributed by atoms with Gasteiger partial charge in [0.05, 0.1) is 32.4 Å². The number of aliphatic hydroxyl groups excluding tert-OH is 2. The summed E-state index contributed by atoms with van der Waals surface area (Å²) < 4.78 is 25.5. The summed E-state index contributed by atoms with van der Waals surface area (Å²) in [5.74, 6) is 1.06. The van der Waals surface area contributed by atoms with Gasteiger partial charge in [-0.1, -0.05) is 72.8 Å². The van der Waals surface area contributed by atoms with E-state index in [0.717, 1.165) is 55.4 Å². The minimum Gasteiger partial charge on any atom is -0.497 e. The molecule has 2 N–H and O–H groups in total. The second-order valence-electron chi connectivity index (χ2n) is 12.5. The first-order valence-electron chi connectivity index (χ1n) is 16.7. The second-order valence-corrected chi connectivity index (χ2v) is 12.5. The third kappa shape index (κ3) is 6.25. The van der Waals surface area contributed by atoms with E-state index in [0.29, 0.717) is 5.58 Å². The SMILES string of the molecule is COc1ccc(C(OC[C@@H](CO)CC(O)Cn2c3ccccc3c3cc4ccc(=O)oc4cc32)(c2ccccc2)c2ccc(OC)cc2)cc1. The molecule has 5 aromatic carbocycles. The Balaban J connectivity index is 1.21. The number of aliphatic hydroxyl groups is 2. The van der Waals surface area contributed by atoms with Crippen LogP contribution in [-0.2, 0) is 16.9 Å². The average molecular weight is 670 g/mol. The lowest BCUT2D eigenvalue weighted by molar-refractivity contribution is -0.0301. The number of ether oxygens (including phenoxy) is 3. The predicted molar refractivity (Wildman–Crippen MR) is 195 cm³/mol. The molecule has 0 fully saturated rings. The Hall–Kier alpha value is -5.41. The van der Waals surface area contributed by atoms with Crippen LogP contribution < -0.4 is 15.1 Å². The Morgan fingerprint density at radius 3 is 1.98 bits per heavy atom. The molecular formula is C42H39NO7. The lowest BCUT2D eigenvalue weighted by atomic mass is 9.79. The maximum absolute atomic E-state index is 12.0. The fourth-order valence-electron chi connectivity index (χ4n) is 6.99. The van der Waals surface area contributed by atoms with Crippen LogP contribution in [0.1, 0.15) is 23.1 Å². The van der Waals surface area contributed by atoms with Crippen molar-refractivity contribution in [2.24, 2.45) is 5.92 Å². The van der Waals surface area contributed by atoms with Gasteiger partial charge in [-0.3, -0.25) is 0 Å². The third-order valence-electron chi connectivity index (χ3n) is 9.48. The summed E-state index contributed by atoms with van der Waals surface area (Å²) in [6.45, 7) is 0.240. The zero-order valence-electron chi connectivity index (χ0n) is 28.0. The van der Waals surface area contributed by atoms with Crippen molar-refractivity contribution < 1.29 is 28.8 Å². The van der Waals surface area contributed by atoms with Crippen LogP contribution in [0, 0.1) is 5.92 Å². The molecule has 8 nitrogen and oxygen atoms in total. The van der Waals surface area contributed by atoms with Crippen molar-refractivity contribution in [1.82, 2.24) is 4.57 Å². The Morgan fingerprint density at radius 1 is 0.720 bits per heavy atom. The molecule has 2 aromatic heterocycles. The van der Waals surface area contributed by atoms with Crippen molar-refractivity contribution in [3.63, 3.8) is 0 Å². The molecule has 1 unspecified atom stereocenters. The number of benzene rings is 5. The number of aromatic nitrogens is 1. The number of methoxy groups -OCH3 is 2. The van der Waals surface area contributed by atoms with Crippen molar-refractivity contribution in [3.8, 4) is 11.5 Å². The highest BCUT2D eigenvalue weighted by molar-refractivity contribution is 6.11. The van der Waals surface area contributed by atoms with Crippen molar-refractivity contribution in [2.75, 3.05) is 27.4 Å². The molecule has 7 aromatic rings. The van der Waals surface area contributed by atoms with E-state index >= 15 is 0 Å². The maximum atomic E-state index is 12.0. The Labute approximate surface area is 289 Å². The average Bonchev–Trinajstić information content (AvgIpc) is 3.46. The molecule has 254 valence electrons. The summed E-state index contributed by atoms with van der Waals surface area (Å²) in [6, 6.07) is 40.7. The van der Waals surface area contributed by atoms with Crippen LogP contribution in [0.2, 0.25) is 0 Å². The molecule has 2 atom stereocenters. The molecule has 0 bridgehead atoms. The van der Waals surface area contributed by atoms with E-state index < -0.39 is 23.2 Å². The Bertz CT molecular complexity index is 2230. The second kappa shape index (κ2) is 14.2. The molecule has 0 saturated carbocycles. The molecule has 0 aliphatic rings. The van der Waals surface area contributed by atoms with Crippen LogP contribution in [0.15, 0.2) is 137 Å². The molecule has 7 rings (SSSR count). The van der Waals surface area contributed by atoms with E-state index in [-0.39, 0.29) is 26.2 Å². The zero-order chi connectivity index (χ0) is 34.7. The monoisotopic (exact) mass is 669 g/mol. The summed E-state index contributed by atoms with van der Waals surface area (Å²) >= 11 is 0. The molecule has 2 heterocycles. The summed E-state index contributed by atoms with van der Waals surface area (Å²) in [5, 5.41) is 25.1. The van der Waals surface area contributed by atoms with Crippen LogP contribution in [0.4, 0.5) is 0 Å². The Kier molecular flexibility index (Phi) is 9.41. The third-order valence-corrected chi connectivity index (χ3v) is 9.48. The molecule has 50 heavy (non-hydrogen) atoms. The van der Waals surface area contributed by atoms with Gasteiger partial charge >= 0.3 is 5.63 Å². The van der Waals surface area contributed by atoms with Crippen molar-refractivity contribution in [3.05, 3.63) is 155 Å². The topological polar surface area (TPSA) is 103 Å². The van der Waals surface area contributed by atoms with Crippen LogP contribution in [-0.4, -0.2) is 48.3 Å². The standard InChI is InChI=1S/C42H39NO7/c1-47-34-17-13-31(14-18-34)42(30-8-4-3-5-9-30,32-15-19-35(48-2)20-16-32)49-27-28(26-44)22-33(45)25-43-38-11-7-6-10-36(38)37-23-29-12-21-41(46)50-40(29)24-39(37)43/h3-21,23-24,28,33,44-45H,22,25-27H2,1-2H3/t28-,33?/m1/s1. The minimum absolute atomic E-state index is 0.156. The fraction of sp³-hybridized carbons (Fsp3) is 0.214. The quantitative estimate of drug-likeness (QED) is 0.0982. The molecule has 0 amide bonds. The smallest absolute Gasteiger partial charge is 0.336 e. The van der Waals surface area contributed by atoms with Gasteiger partial charge in [-0.2, -0.15) is 0 Å². The van der Waals surface area contributed by atoms with Gasteiger partial charge < -0.3 is 33.4 Å². The number of rotatable bonds is 13. The summed E-state index contributed by atoms with van der Waals surface area (Å²) in [6.07, 6.45) is -0.537. The molecule has 8 heteroatoms. The summed E-state index contributed by atoms with van der Waals surface area (Å²) in [5.41, 5.74) is 3.52. The van der Waals surface area contributed by atoms with Crippen LogP contribution >= 0.6 is 0 Å².